The molecule has 34 heavy (non-hydrogen) atoms. The number of aryl methyl sites for hydroxylation is 2. The molecule has 1 aliphatic rings. The van der Waals surface area contributed by atoms with E-state index in [4.69, 9.17) is 4.52 Å². The van der Waals surface area contributed by atoms with Gasteiger partial charge in [0.05, 0.1) is 22.3 Å². The molecule has 1 saturated carbocycles. The number of thiazole rings is 1. The van der Waals surface area contributed by atoms with E-state index in [2.05, 4.69) is 37.9 Å². The van der Waals surface area contributed by atoms with Crippen LogP contribution in [0, 0.1) is 6.92 Å². The van der Waals surface area contributed by atoms with Gasteiger partial charge in [0.2, 0.25) is 5.91 Å². The van der Waals surface area contributed by atoms with E-state index in [0.29, 0.717) is 40.0 Å². The molecule has 2 amide bonds. The second-order valence-electron chi connectivity index (χ2n) is 8.59. The monoisotopic (exact) mass is 475 g/mol. The van der Waals surface area contributed by atoms with Crippen LogP contribution < -0.4 is 10.6 Å². The minimum absolute atomic E-state index is 0.00459. The summed E-state index contributed by atoms with van der Waals surface area (Å²) in [7, 11) is 0. The van der Waals surface area contributed by atoms with Crippen LogP contribution >= 0.6 is 11.3 Å². The zero-order valence-electron chi connectivity index (χ0n) is 19.1. The number of hydrogen-bond acceptors (Lipinski definition) is 7. The molecule has 1 aromatic carbocycles. The molecule has 3 aromatic heterocycles. The number of hydrogen-bond donors (Lipinski definition) is 2. The summed E-state index contributed by atoms with van der Waals surface area (Å²) in [6.07, 6.45) is 3.94. The molecule has 4 aromatic rings. The van der Waals surface area contributed by atoms with Crippen LogP contribution in [0.3, 0.4) is 0 Å². The second-order valence-corrected chi connectivity index (χ2v) is 9.45. The van der Waals surface area contributed by atoms with Gasteiger partial charge in [-0.1, -0.05) is 29.4 Å². The Kier molecular flexibility index (Phi) is 6.10. The quantitative estimate of drug-likeness (QED) is 0.353. The van der Waals surface area contributed by atoms with E-state index >= 15 is 0 Å². The summed E-state index contributed by atoms with van der Waals surface area (Å²) in [6.45, 7) is 4.01. The second kappa shape index (κ2) is 9.34. The number of rotatable bonds is 8. The first-order valence-electron chi connectivity index (χ1n) is 11.4. The van der Waals surface area contributed by atoms with Gasteiger partial charge in [0.25, 0.3) is 11.6 Å². The van der Waals surface area contributed by atoms with Crippen molar-refractivity contribution in [2.75, 3.05) is 11.9 Å². The summed E-state index contributed by atoms with van der Waals surface area (Å²) in [4.78, 5) is 33.3. The highest BCUT2D eigenvalue weighted by atomic mass is 32.1. The number of carbonyl (C=O) groups excluding carboxylic acids is 2. The number of carbonyl (C=O) groups is 2. The van der Waals surface area contributed by atoms with Gasteiger partial charge in [-0.3, -0.25) is 14.9 Å². The van der Waals surface area contributed by atoms with Gasteiger partial charge in [0, 0.05) is 36.0 Å². The van der Waals surface area contributed by atoms with Crippen LogP contribution in [0.15, 0.2) is 40.2 Å². The average Bonchev–Trinajstić information content (AvgIpc) is 3.47. The van der Waals surface area contributed by atoms with Gasteiger partial charge in [-0.2, -0.15) is 0 Å². The number of anilines is 1. The Morgan fingerprint density at radius 1 is 1.18 bits per heavy atom. The maximum absolute atomic E-state index is 13.2. The highest BCUT2D eigenvalue weighted by molar-refractivity contribution is 7.14. The van der Waals surface area contributed by atoms with Crippen molar-refractivity contribution in [2.45, 2.75) is 45.4 Å². The third kappa shape index (κ3) is 4.84. The molecule has 174 valence electrons. The van der Waals surface area contributed by atoms with E-state index < -0.39 is 0 Å². The van der Waals surface area contributed by atoms with E-state index in [1.807, 2.05) is 30.5 Å². The maximum Gasteiger partial charge on any atom is 0.259 e. The van der Waals surface area contributed by atoms with Crippen molar-refractivity contribution in [3.8, 4) is 11.3 Å². The molecule has 0 aliphatic heterocycles. The number of nitrogens with zero attached hydrogens (tertiary/aromatic N) is 3. The molecular weight excluding hydrogens is 450 g/mol. The summed E-state index contributed by atoms with van der Waals surface area (Å²) >= 11 is 1.39. The van der Waals surface area contributed by atoms with Gasteiger partial charge < -0.3 is 9.84 Å². The Hall–Kier alpha value is -3.59. The van der Waals surface area contributed by atoms with Crippen molar-refractivity contribution >= 4 is 39.4 Å². The lowest BCUT2D eigenvalue weighted by Gasteiger charge is -2.06. The minimum atomic E-state index is -0.240. The average molecular weight is 476 g/mol. The summed E-state index contributed by atoms with van der Waals surface area (Å²) in [5.41, 5.74) is 5.45. The Balaban J connectivity index is 1.28. The summed E-state index contributed by atoms with van der Waals surface area (Å²) in [6, 6.07) is 10.1. The van der Waals surface area contributed by atoms with Crippen LogP contribution in [0.1, 0.15) is 59.4 Å². The van der Waals surface area contributed by atoms with Crippen molar-refractivity contribution in [3.05, 3.63) is 58.2 Å². The predicted molar refractivity (Wildman–Crippen MR) is 131 cm³/mol. The van der Waals surface area contributed by atoms with E-state index in [9.17, 15) is 9.59 Å². The standard InChI is InChI=1S/C25H25N5O3S/c1-14-22-19(12-20(17-9-10-17)27-24(22)33-30-14)23(32)29-25-28-21(13-34-25)18-7-5-16(6-8-18)4-3-11-26-15(2)31/h5-8,12-13,17H,3-4,9-11H2,1-2H3,(H,26,31)(H,28,29,32). The van der Waals surface area contributed by atoms with Crippen LogP contribution in [0.2, 0.25) is 0 Å². The van der Waals surface area contributed by atoms with Crippen molar-refractivity contribution < 1.29 is 14.1 Å². The fourth-order valence-corrected chi connectivity index (χ4v) is 4.62. The number of nitrogens with one attached hydrogen (secondary N) is 2. The minimum Gasteiger partial charge on any atom is -0.356 e. The Morgan fingerprint density at radius 2 is 1.97 bits per heavy atom. The molecule has 1 fully saturated rings. The molecule has 2 N–H and O–H groups in total. The van der Waals surface area contributed by atoms with Crippen LogP contribution in [0.25, 0.3) is 22.4 Å². The first-order chi connectivity index (χ1) is 16.5. The molecule has 5 rings (SSSR count). The fourth-order valence-electron chi connectivity index (χ4n) is 3.91. The number of amides is 2. The zero-order valence-corrected chi connectivity index (χ0v) is 19.9. The predicted octanol–water partition coefficient (Wildman–Crippen LogP) is 4.85. The molecule has 0 bridgehead atoms. The molecule has 0 radical (unpaired) electrons. The van der Waals surface area contributed by atoms with Gasteiger partial charge in [0.1, 0.15) is 0 Å². The Morgan fingerprint density at radius 3 is 2.71 bits per heavy atom. The van der Waals surface area contributed by atoms with Gasteiger partial charge >= 0.3 is 0 Å². The van der Waals surface area contributed by atoms with E-state index in [1.54, 1.807) is 0 Å². The largest absolute Gasteiger partial charge is 0.356 e. The van der Waals surface area contributed by atoms with E-state index in [1.165, 1.54) is 23.8 Å². The SMILES string of the molecule is CC(=O)NCCCc1ccc(-c2csc(NC(=O)c3cc(C4CC4)nc4onc(C)c34)n2)cc1. The summed E-state index contributed by atoms with van der Waals surface area (Å²) in [5.74, 6) is 0.146. The van der Waals surface area contributed by atoms with Gasteiger partial charge in [-0.15, -0.1) is 11.3 Å². The third-order valence-electron chi connectivity index (χ3n) is 5.87. The molecule has 0 unspecified atom stereocenters. The van der Waals surface area contributed by atoms with Crippen LogP contribution in [-0.4, -0.2) is 33.5 Å². The first kappa shape index (κ1) is 22.2. The van der Waals surface area contributed by atoms with Crippen molar-refractivity contribution in [1.29, 1.82) is 0 Å². The number of aromatic nitrogens is 3. The fraction of sp³-hybridized carbons (Fsp3) is 0.320. The van der Waals surface area contributed by atoms with Crippen LogP contribution in [-0.2, 0) is 11.2 Å². The van der Waals surface area contributed by atoms with Gasteiger partial charge in [0.15, 0.2) is 5.13 Å². The highest BCUT2D eigenvalue weighted by Crippen LogP contribution is 2.40. The maximum atomic E-state index is 13.2. The molecule has 1 aliphatic carbocycles. The molecular formula is C25H25N5O3S. The number of benzene rings is 1. The van der Waals surface area contributed by atoms with Crippen molar-refractivity contribution in [1.82, 2.24) is 20.4 Å². The Bertz CT molecular complexity index is 1350. The molecule has 0 spiro atoms. The van der Waals surface area contributed by atoms with Crippen molar-refractivity contribution in [2.24, 2.45) is 0 Å². The van der Waals surface area contributed by atoms with Crippen LogP contribution in [0.4, 0.5) is 5.13 Å². The van der Waals surface area contributed by atoms with Gasteiger partial charge in [-0.25, -0.2) is 9.97 Å². The van der Waals surface area contributed by atoms with Crippen molar-refractivity contribution in [3.63, 3.8) is 0 Å². The van der Waals surface area contributed by atoms with E-state index in [0.717, 1.165) is 42.6 Å². The summed E-state index contributed by atoms with van der Waals surface area (Å²) < 4.78 is 5.35. The molecule has 0 saturated heterocycles. The Labute approximate surface area is 200 Å². The lowest BCUT2D eigenvalue weighted by Crippen LogP contribution is -2.21. The molecule has 3 heterocycles. The first-order valence-corrected chi connectivity index (χ1v) is 12.2. The normalized spacial score (nSPS) is 13.2. The molecule has 0 atom stereocenters. The van der Waals surface area contributed by atoms with E-state index in [-0.39, 0.29) is 11.8 Å². The lowest BCUT2D eigenvalue weighted by atomic mass is 10.1. The molecule has 8 nitrogen and oxygen atoms in total. The van der Waals surface area contributed by atoms with Gasteiger partial charge in [-0.05, 0) is 44.2 Å². The number of pyridine rings is 1. The van der Waals surface area contributed by atoms with Crippen LogP contribution in [0.5, 0.6) is 0 Å². The molecule has 9 heteroatoms. The topological polar surface area (TPSA) is 110 Å². The third-order valence-corrected chi connectivity index (χ3v) is 6.63. The lowest BCUT2D eigenvalue weighted by molar-refractivity contribution is -0.118. The zero-order chi connectivity index (χ0) is 23.7. The highest BCUT2D eigenvalue weighted by Gasteiger charge is 2.28. The smallest absolute Gasteiger partial charge is 0.259 e. The number of fused-ring (bicyclic) bond motifs is 1. The summed E-state index contributed by atoms with van der Waals surface area (Å²) in [5, 5.41) is 12.9.